The average Bonchev–Trinajstić information content (AvgIpc) is 2.29. The molecule has 2 aromatic rings. The Morgan fingerprint density at radius 2 is 1.56 bits per heavy atom. The Kier molecular flexibility index (Phi) is 4.83. The fourth-order valence-electron chi connectivity index (χ4n) is 1.72. The zero-order chi connectivity index (χ0) is 10.7. The van der Waals surface area contributed by atoms with Crippen molar-refractivity contribution in [2.24, 2.45) is 0 Å². The normalized spacial score (nSPS) is 9.56. The summed E-state index contributed by atoms with van der Waals surface area (Å²) in [5.74, 6) is 0. The van der Waals surface area contributed by atoms with Gasteiger partial charge in [-0.05, 0) is 17.5 Å². The van der Waals surface area contributed by atoms with Gasteiger partial charge in [-0.1, -0.05) is 42.8 Å². The van der Waals surface area contributed by atoms with Crippen LogP contribution in [0.4, 0.5) is 0 Å². The molecule has 0 spiro atoms. The van der Waals surface area contributed by atoms with E-state index in [1.807, 2.05) is 6.07 Å². The molecule has 0 saturated carbocycles. The van der Waals surface area contributed by atoms with Gasteiger partial charge in [0.15, 0.2) is 0 Å². The minimum absolute atomic E-state index is 0. The predicted octanol–water partition coefficient (Wildman–Crippen LogP) is 4.10. The van der Waals surface area contributed by atoms with Crippen LogP contribution in [0.5, 0.6) is 0 Å². The van der Waals surface area contributed by atoms with Gasteiger partial charge < -0.3 is 0 Å². The van der Waals surface area contributed by atoms with E-state index >= 15 is 0 Å². The minimum atomic E-state index is 0. The fraction of sp³-hybridized carbons (Fsp3) is 0.133. The Balaban J connectivity index is 0.00000128. The molecule has 0 aromatic heterocycles. The van der Waals surface area contributed by atoms with Gasteiger partial charge >= 0.3 is 0 Å². The summed E-state index contributed by atoms with van der Waals surface area (Å²) < 4.78 is 0. The quantitative estimate of drug-likeness (QED) is 0.690. The SMILES string of the molecule is [CH2-]c1cccc(-c2cccc(CC)c2)c1.[W]. The predicted molar refractivity (Wildman–Crippen MR) is 65.7 cm³/mol. The molecule has 0 aliphatic carbocycles. The minimum Gasteiger partial charge on any atom is -0.199 e. The van der Waals surface area contributed by atoms with Crippen molar-refractivity contribution < 1.29 is 21.1 Å². The molecule has 0 N–H and O–H groups in total. The summed E-state index contributed by atoms with van der Waals surface area (Å²) in [5.41, 5.74) is 4.97. The Morgan fingerprint density at radius 1 is 0.938 bits per heavy atom. The summed E-state index contributed by atoms with van der Waals surface area (Å²) in [4.78, 5) is 0. The number of hydrogen-bond acceptors (Lipinski definition) is 0. The molecule has 0 heterocycles. The van der Waals surface area contributed by atoms with Gasteiger partial charge in [0, 0.05) is 21.1 Å². The summed E-state index contributed by atoms with van der Waals surface area (Å²) in [6, 6.07) is 17.0. The number of rotatable bonds is 2. The van der Waals surface area contributed by atoms with Gasteiger partial charge in [-0.2, -0.15) is 24.6 Å². The maximum Gasteiger partial charge on any atom is 0 e. The first-order chi connectivity index (χ1) is 7.29. The van der Waals surface area contributed by atoms with Crippen molar-refractivity contribution in [2.45, 2.75) is 13.3 Å². The summed E-state index contributed by atoms with van der Waals surface area (Å²) in [6.45, 7) is 6.13. The monoisotopic (exact) mass is 379 g/mol. The molecule has 0 fully saturated rings. The van der Waals surface area contributed by atoms with Crippen molar-refractivity contribution in [1.82, 2.24) is 0 Å². The first-order valence-corrected chi connectivity index (χ1v) is 5.31. The van der Waals surface area contributed by atoms with Crippen LogP contribution in [0.1, 0.15) is 18.1 Å². The number of benzene rings is 2. The van der Waals surface area contributed by atoms with E-state index < -0.39 is 0 Å². The third-order valence-corrected chi connectivity index (χ3v) is 2.60. The van der Waals surface area contributed by atoms with Crippen molar-refractivity contribution in [1.29, 1.82) is 0 Å². The molecule has 0 nitrogen and oxygen atoms in total. The third kappa shape index (κ3) is 2.99. The topological polar surface area (TPSA) is 0 Å². The van der Waals surface area contributed by atoms with Gasteiger partial charge in [-0.15, -0.1) is 6.07 Å². The maximum absolute atomic E-state index is 3.95. The molecule has 0 saturated heterocycles. The van der Waals surface area contributed by atoms with Gasteiger partial charge in [-0.25, -0.2) is 0 Å². The van der Waals surface area contributed by atoms with Crippen molar-refractivity contribution in [3.8, 4) is 11.1 Å². The molecular formula is C15H15W-. The second kappa shape index (κ2) is 5.91. The average molecular weight is 379 g/mol. The van der Waals surface area contributed by atoms with E-state index in [9.17, 15) is 0 Å². The van der Waals surface area contributed by atoms with Gasteiger partial charge in [-0.3, -0.25) is 0 Å². The Morgan fingerprint density at radius 3 is 2.19 bits per heavy atom. The van der Waals surface area contributed by atoms with Crippen LogP contribution in [0.3, 0.4) is 0 Å². The van der Waals surface area contributed by atoms with Crippen LogP contribution in [-0.2, 0) is 27.5 Å². The van der Waals surface area contributed by atoms with Crippen LogP contribution in [-0.4, -0.2) is 0 Å². The summed E-state index contributed by atoms with van der Waals surface area (Å²) in [7, 11) is 0. The fourth-order valence-corrected chi connectivity index (χ4v) is 1.72. The molecule has 0 radical (unpaired) electrons. The number of hydrogen-bond donors (Lipinski definition) is 0. The van der Waals surface area contributed by atoms with Gasteiger partial charge in [0.05, 0.1) is 0 Å². The van der Waals surface area contributed by atoms with Crippen molar-refractivity contribution in [2.75, 3.05) is 0 Å². The zero-order valence-electron chi connectivity index (χ0n) is 9.44. The van der Waals surface area contributed by atoms with Crippen molar-refractivity contribution in [3.05, 3.63) is 66.6 Å². The Hall–Kier alpha value is -1.00. The van der Waals surface area contributed by atoms with E-state index in [1.54, 1.807) is 0 Å². The van der Waals surface area contributed by atoms with Crippen LogP contribution in [0, 0.1) is 6.92 Å². The van der Waals surface area contributed by atoms with Crippen LogP contribution in [0.25, 0.3) is 11.1 Å². The molecular weight excluding hydrogens is 364 g/mol. The molecule has 0 unspecified atom stereocenters. The van der Waals surface area contributed by atoms with Crippen LogP contribution in [0.15, 0.2) is 48.5 Å². The summed E-state index contributed by atoms with van der Waals surface area (Å²) in [5, 5.41) is 0. The van der Waals surface area contributed by atoms with E-state index in [0.717, 1.165) is 12.0 Å². The first-order valence-electron chi connectivity index (χ1n) is 5.31. The van der Waals surface area contributed by atoms with E-state index in [0.29, 0.717) is 0 Å². The van der Waals surface area contributed by atoms with E-state index in [1.165, 1.54) is 16.7 Å². The number of aryl methyl sites for hydroxylation is 1. The molecule has 16 heavy (non-hydrogen) atoms. The van der Waals surface area contributed by atoms with E-state index in [-0.39, 0.29) is 21.1 Å². The van der Waals surface area contributed by atoms with Crippen LogP contribution >= 0.6 is 0 Å². The summed E-state index contributed by atoms with van der Waals surface area (Å²) in [6.07, 6.45) is 1.08. The molecule has 0 bridgehead atoms. The van der Waals surface area contributed by atoms with Gasteiger partial charge in [0.1, 0.15) is 0 Å². The second-order valence-corrected chi connectivity index (χ2v) is 3.75. The standard InChI is InChI=1S/C15H15.W/c1-3-13-7-5-9-15(11-13)14-8-4-6-12(2)10-14;/h4-11H,2-3H2,1H3;/q-1;. The van der Waals surface area contributed by atoms with E-state index in [4.69, 9.17) is 0 Å². The largest absolute Gasteiger partial charge is 0.199 e. The molecule has 0 atom stereocenters. The Labute approximate surface area is 112 Å². The maximum atomic E-state index is 3.95. The molecule has 2 aromatic carbocycles. The first kappa shape index (κ1) is 13.1. The molecule has 0 aliphatic heterocycles. The Bertz CT molecular complexity index is 460. The zero-order valence-corrected chi connectivity index (χ0v) is 12.4. The molecule has 0 amide bonds. The molecule has 2 rings (SSSR count). The molecule has 82 valence electrons. The third-order valence-electron chi connectivity index (χ3n) is 2.60. The van der Waals surface area contributed by atoms with E-state index in [2.05, 4.69) is 56.3 Å². The van der Waals surface area contributed by atoms with Crippen LogP contribution < -0.4 is 0 Å². The summed E-state index contributed by atoms with van der Waals surface area (Å²) >= 11 is 0. The van der Waals surface area contributed by atoms with Crippen molar-refractivity contribution >= 4 is 0 Å². The molecule has 1 heteroatoms. The molecule has 0 aliphatic rings. The van der Waals surface area contributed by atoms with Crippen molar-refractivity contribution in [3.63, 3.8) is 0 Å². The van der Waals surface area contributed by atoms with Gasteiger partial charge in [0.25, 0.3) is 0 Å². The second-order valence-electron chi connectivity index (χ2n) is 3.75. The van der Waals surface area contributed by atoms with Crippen LogP contribution in [0.2, 0.25) is 0 Å². The smallest absolute Gasteiger partial charge is 0 e. The van der Waals surface area contributed by atoms with Gasteiger partial charge in [0.2, 0.25) is 0 Å².